The lowest BCUT2D eigenvalue weighted by molar-refractivity contribution is -0.127. The van der Waals surface area contributed by atoms with Gasteiger partial charge in [0.1, 0.15) is 6.10 Å². The van der Waals surface area contributed by atoms with Gasteiger partial charge in [0, 0.05) is 13.0 Å². The molecule has 0 spiro atoms. The van der Waals surface area contributed by atoms with E-state index in [1.807, 2.05) is 25.1 Å². The molecule has 0 aliphatic heterocycles. The average Bonchev–Trinajstić information content (AvgIpc) is 2.70. The van der Waals surface area contributed by atoms with E-state index in [1.54, 1.807) is 0 Å². The Hall–Kier alpha value is -1.01. The molecule has 1 rings (SSSR count). The maximum Gasteiger partial charge on any atom is 0.192 e. The molecule has 0 radical (unpaired) electrons. The number of ether oxygens (including phenoxy) is 1. The van der Waals surface area contributed by atoms with Crippen LogP contribution < -0.4 is 0 Å². The molecule has 0 aliphatic carbocycles. The van der Waals surface area contributed by atoms with Crippen LogP contribution in [0.2, 0.25) is 18.1 Å². The van der Waals surface area contributed by atoms with E-state index in [1.165, 1.54) is 12.7 Å². The molecule has 26 heavy (non-hydrogen) atoms. The predicted octanol–water partition coefficient (Wildman–Crippen LogP) is 4.22. The summed E-state index contributed by atoms with van der Waals surface area (Å²) >= 11 is 0. The van der Waals surface area contributed by atoms with Gasteiger partial charge in [-0.25, -0.2) is 0 Å². The highest BCUT2D eigenvalue weighted by atomic mass is 28.4. The van der Waals surface area contributed by atoms with Gasteiger partial charge in [-0.15, -0.1) is 0 Å². The van der Waals surface area contributed by atoms with Crippen LogP contribution in [0, 0.1) is 5.92 Å². The fourth-order valence-corrected chi connectivity index (χ4v) is 6.47. The molecule has 148 valence electrons. The minimum atomic E-state index is -1.82. The van der Waals surface area contributed by atoms with E-state index in [0.717, 1.165) is 31.0 Å². The number of carbonyl (C=O) groups excluding carboxylic acids is 1. The summed E-state index contributed by atoms with van der Waals surface area (Å²) in [5.41, 5.74) is 1.26. The lowest BCUT2D eigenvalue weighted by Crippen LogP contribution is -2.47. The lowest BCUT2D eigenvalue weighted by atomic mass is 9.91. The molecule has 0 heterocycles. The van der Waals surface area contributed by atoms with E-state index in [0.29, 0.717) is 6.29 Å². The van der Waals surface area contributed by atoms with Gasteiger partial charge < -0.3 is 19.1 Å². The summed E-state index contributed by atoms with van der Waals surface area (Å²) in [7, 11) is -0.366. The third-order valence-corrected chi connectivity index (χ3v) is 10.4. The Morgan fingerprint density at radius 2 is 1.69 bits per heavy atom. The lowest BCUT2D eigenvalue weighted by Gasteiger charge is -2.38. The first kappa shape index (κ1) is 23.0. The highest BCUT2D eigenvalue weighted by Gasteiger charge is 2.37. The monoisotopic (exact) mass is 380 g/mol. The second-order valence-electron chi connectivity index (χ2n) is 7.11. The van der Waals surface area contributed by atoms with E-state index in [4.69, 9.17) is 9.16 Å². The number of aliphatic hydroxyl groups excluding tert-OH is 1. The molecule has 0 saturated heterocycles. The fourth-order valence-electron chi connectivity index (χ4n) is 3.50. The first-order valence-electron chi connectivity index (χ1n) is 9.84. The SMILES string of the molecule is CC[Si](CC)(CC)O[C@H](CCc1ccccc1)[C@H](C)[C@@H](O)[C@H](C=O)OC. The van der Waals surface area contributed by atoms with E-state index in [-0.39, 0.29) is 12.0 Å². The topological polar surface area (TPSA) is 55.8 Å². The number of benzene rings is 1. The molecular formula is C21H36O4Si. The summed E-state index contributed by atoms with van der Waals surface area (Å²) in [4.78, 5) is 11.2. The minimum absolute atomic E-state index is 0.0886. The van der Waals surface area contributed by atoms with Crippen molar-refractivity contribution in [3.05, 3.63) is 35.9 Å². The van der Waals surface area contributed by atoms with Gasteiger partial charge >= 0.3 is 0 Å². The summed E-state index contributed by atoms with van der Waals surface area (Å²) < 4.78 is 11.9. The summed E-state index contributed by atoms with van der Waals surface area (Å²) in [5, 5.41) is 10.6. The predicted molar refractivity (Wildman–Crippen MR) is 109 cm³/mol. The van der Waals surface area contributed by atoms with Crippen LogP contribution in [0.15, 0.2) is 30.3 Å². The van der Waals surface area contributed by atoms with E-state index >= 15 is 0 Å². The summed E-state index contributed by atoms with van der Waals surface area (Å²) in [6.45, 7) is 8.59. The Morgan fingerprint density at radius 1 is 1.12 bits per heavy atom. The first-order valence-corrected chi connectivity index (χ1v) is 12.4. The number of hydrogen-bond donors (Lipinski definition) is 1. The van der Waals surface area contributed by atoms with Gasteiger partial charge in [-0.05, 0) is 36.5 Å². The zero-order valence-electron chi connectivity index (χ0n) is 17.0. The Morgan fingerprint density at radius 3 is 2.15 bits per heavy atom. The zero-order chi connectivity index (χ0) is 19.6. The van der Waals surface area contributed by atoms with Gasteiger partial charge in [0.25, 0.3) is 0 Å². The number of aryl methyl sites for hydroxylation is 1. The van der Waals surface area contributed by atoms with Crippen LogP contribution in [0.25, 0.3) is 0 Å². The van der Waals surface area contributed by atoms with Crippen molar-refractivity contribution in [2.24, 2.45) is 5.92 Å². The van der Waals surface area contributed by atoms with Crippen molar-refractivity contribution in [3.8, 4) is 0 Å². The van der Waals surface area contributed by atoms with E-state index in [9.17, 15) is 9.90 Å². The van der Waals surface area contributed by atoms with Crippen LogP contribution in [0.5, 0.6) is 0 Å². The van der Waals surface area contributed by atoms with Crippen LogP contribution in [-0.2, 0) is 20.4 Å². The maximum absolute atomic E-state index is 11.2. The Kier molecular flexibility index (Phi) is 10.3. The molecule has 0 unspecified atom stereocenters. The van der Waals surface area contributed by atoms with Crippen molar-refractivity contribution in [2.75, 3.05) is 7.11 Å². The smallest absolute Gasteiger partial charge is 0.192 e. The molecule has 0 fully saturated rings. The van der Waals surface area contributed by atoms with Gasteiger partial charge in [-0.1, -0.05) is 58.0 Å². The number of aliphatic hydroxyl groups is 1. The largest absolute Gasteiger partial charge is 0.414 e. The third-order valence-electron chi connectivity index (χ3n) is 5.76. The third kappa shape index (κ3) is 6.30. The van der Waals surface area contributed by atoms with Crippen molar-refractivity contribution in [1.29, 1.82) is 0 Å². The molecule has 4 atom stereocenters. The van der Waals surface area contributed by atoms with E-state index in [2.05, 4.69) is 32.9 Å². The maximum atomic E-state index is 11.2. The Labute approximate surface area is 160 Å². The van der Waals surface area contributed by atoms with Crippen LogP contribution in [0.4, 0.5) is 0 Å². The fraction of sp³-hybridized carbons (Fsp3) is 0.667. The number of methoxy groups -OCH3 is 1. The second kappa shape index (κ2) is 11.6. The molecule has 0 saturated carbocycles. The molecule has 1 aromatic carbocycles. The van der Waals surface area contributed by atoms with E-state index < -0.39 is 20.5 Å². The number of carbonyl (C=O) groups is 1. The highest BCUT2D eigenvalue weighted by molar-refractivity contribution is 6.73. The van der Waals surface area contributed by atoms with Crippen LogP contribution in [0.1, 0.15) is 39.7 Å². The summed E-state index contributed by atoms with van der Waals surface area (Å²) in [6.07, 6.45) is 0.632. The van der Waals surface area contributed by atoms with Crippen LogP contribution >= 0.6 is 0 Å². The Balaban J connectivity index is 2.97. The second-order valence-corrected chi connectivity index (χ2v) is 11.8. The molecule has 5 heteroatoms. The molecule has 0 aromatic heterocycles. The van der Waals surface area contributed by atoms with Gasteiger partial charge in [0.2, 0.25) is 0 Å². The van der Waals surface area contributed by atoms with Crippen LogP contribution in [-0.4, -0.2) is 45.1 Å². The molecule has 1 aromatic rings. The van der Waals surface area contributed by atoms with Crippen molar-refractivity contribution in [1.82, 2.24) is 0 Å². The van der Waals surface area contributed by atoms with Gasteiger partial charge in [-0.2, -0.15) is 0 Å². The average molecular weight is 381 g/mol. The molecule has 0 amide bonds. The van der Waals surface area contributed by atoms with Crippen molar-refractivity contribution < 1.29 is 19.1 Å². The normalized spacial score (nSPS) is 16.7. The van der Waals surface area contributed by atoms with Gasteiger partial charge in [0.05, 0.1) is 12.2 Å². The van der Waals surface area contributed by atoms with Crippen LogP contribution in [0.3, 0.4) is 0 Å². The quantitative estimate of drug-likeness (QED) is 0.411. The highest BCUT2D eigenvalue weighted by Crippen LogP contribution is 2.29. The number of hydrogen-bond acceptors (Lipinski definition) is 4. The molecular weight excluding hydrogens is 344 g/mol. The molecule has 1 N–H and O–H groups in total. The minimum Gasteiger partial charge on any atom is -0.414 e. The summed E-state index contributed by atoms with van der Waals surface area (Å²) in [6, 6.07) is 13.5. The van der Waals surface area contributed by atoms with Crippen molar-refractivity contribution >= 4 is 14.6 Å². The first-order chi connectivity index (χ1) is 12.5. The molecule has 4 nitrogen and oxygen atoms in total. The molecule has 0 aliphatic rings. The van der Waals surface area contributed by atoms with Crippen molar-refractivity contribution in [2.45, 2.75) is 77.0 Å². The Bertz CT molecular complexity index is 496. The van der Waals surface area contributed by atoms with Crippen molar-refractivity contribution in [3.63, 3.8) is 0 Å². The standard InChI is InChI=1S/C21H36O4Si/c1-6-26(7-2,8-3)25-19(15-14-18-12-10-9-11-13-18)17(4)21(23)20(16-22)24-5/h9-13,16-17,19-21,23H,6-8,14-15H2,1-5H3/t17-,19+,20-,21+/m0/s1. The molecule has 0 bridgehead atoms. The zero-order valence-corrected chi connectivity index (χ0v) is 18.0. The number of rotatable bonds is 13. The van der Waals surface area contributed by atoms with Gasteiger partial charge in [-0.3, -0.25) is 0 Å². The van der Waals surface area contributed by atoms with Gasteiger partial charge in [0.15, 0.2) is 14.6 Å². The number of aldehydes is 1. The summed E-state index contributed by atoms with van der Waals surface area (Å²) in [5.74, 6) is -0.176.